The molecular weight excluding hydrogens is 358 g/mol. The van der Waals surface area contributed by atoms with Gasteiger partial charge in [-0.2, -0.15) is 21.0 Å². The normalized spacial score (nSPS) is 11.7. The number of nitrogens with zero attached hydrogens (tertiary/aromatic N) is 4. The summed E-state index contributed by atoms with van der Waals surface area (Å²) in [6.07, 6.45) is 1.85. The van der Waals surface area contributed by atoms with E-state index in [1.807, 2.05) is 65.4 Å². The maximum atomic E-state index is 12.4. The molecule has 6 nitrogen and oxygen atoms in total. The minimum atomic E-state index is -0.149. The molecule has 1 N–H and O–H groups in total. The van der Waals surface area contributed by atoms with Crippen molar-refractivity contribution in [3.63, 3.8) is 0 Å². The van der Waals surface area contributed by atoms with Crippen molar-refractivity contribution in [3.05, 3.63) is 76.3 Å². The molecule has 3 aromatic heterocycles. The molecule has 0 radical (unpaired) electrons. The van der Waals surface area contributed by atoms with Crippen molar-refractivity contribution in [3.8, 4) is 11.3 Å². The van der Waals surface area contributed by atoms with Gasteiger partial charge in [0.25, 0.3) is 0 Å². The molecule has 0 unspecified atom stereocenters. The summed E-state index contributed by atoms with van der Waals surface area (Å²) in [4.78, 5) is 12.4. The predicted octanol–water partition coefficient (Wildman–Crippen LogP) is 3.57. The maximum absolute atomic E-state index is 12.4. The highest BCUT2D eigenvalue weighted by Gasteiger charge is 2.11. The number of hydrogen-bond acceptors (Lipinski definition) is 5. The third-order valence-electron chi connectivity index (χ3n) is 4.09. The number of aromatic nitrogens is 4. The van der Waals surface area contributed by atoms with E-state index in [9.17, 15) is 4.79 Å². The van der Waals surface area contributed by atoms with Crippen LogP contribution in [0, 0.1) is 0 Å². The second-order valence-corrected chi connectivity index (χ2v) is 6.82. The number of carbonyl (C=O) groups excluding carboxylic acids is 1. The van der Waals surface area contributed by atoms with Crippen LogP contribution in [0.2, 0.25) is 0 Å². The molecule has 134 valence electrons. The lowest BCUT2D eigenvalue weighted by Crippen LogP contribution is -2.24. The summed E-state index contributed by atoms with van der Waals surface area (Å²) in [5.74, 6) is 0.438. The maximum Gasteiger partial charge on any atom is 0.247 e. The van der Waals surface area contributed by atoms with Gasteiger partial charge in [0.1, 0.15) is 0 Å². The molecule has 0 aliphatic rings. The molecule has 4 aromatic rings. The lowest BCUT2D eigenvalue weighted by molar-refractivity contribution is -0.117. The fourth-order valence-corrected chi connectivity index (χ4v) is 3.32. The largest absolute Gasteiger partial charge is 0.345 e. The molecule has 0 bridgehead atoms. The molecule has 0 aliphatic carbocycles. The summed E-state index contributed by atoms with van der Waals surface area (Å²) in [5, 5.41) is 19.8. The molecule has 7 heteroatoms. The van der Waals surface area contributed by atoms with E-state index in [-0.39, 0.29) is 12.5 Å². The van der Waals surface area contributed by atoms with E-state index in [2.05, 4.69) is 20.6 Å². The predicted molar refractivity (Wildman–Crippen MR) is 106 cm³/mol. The number of amides is 1. The van der Waals surface area contributed by atoms with Crippen molar-refractivity contribution < 1.29 is 4.79 Å². The van der Waals surface area contributed by atoms with Crippen molar-refractivity contribution >= 4 is 29.0 Å². The van der Waals surface area contributed by atoms with Gasteiger partial charge in [0, 0.05) is 16.5 Å². The van der Waals surface area contributed by atoms with Crippen molar-refractivity contribution in [2.45, 2.75) is 13.5 Å². The van der Waals surface area contributed by atoms with Gasteiger partial charge < -0.3 is 5.32 Å². The molecule has 0 saturated carbocycles. The molecule has 0 fully saturated rings. The van der Waals surface area contributed by atoms with Crippen LogP contribution < -0.4 is 5.32 Å². The minimum Gasteiger partial charge on any atom is -0.345 e. The molecule has 1 amide bonds. The summed E-state index contributed by atoms with van der Waals surface area (Å²) in [6.45, 7) is 2.04. The molecule has 27 heavy (non-hydrogen) atoms. The Bertz CT molecular complexity index is 1100. The average molecular weight is 375 g/mol. The molecule has 4 rings (SSSR count). The molecule has 0 saturated heterocycles. The molecule has 0 atom stereocenters. The fraction of sp³-hybridized carbons (Fsp3) is 0.100. The van der Waals surface area contributed by atoms with E-state index in [0.29, 0.717) is 17.0 Å². The van der Waals surface area contributed by atoms with Gasteiger partial charge in [-0.3, -0.25) is 4.79 Å². The van der Waals surface area contributed by atoms with Crippen molar-refractivity contribution in [1.29, 1.82) is 0 Å². The van der Waals surface area contributed by atoms with Crippen molar-refractivity contribution in [1.82, 2.24) is 25.1 Å². The Morgan fingerprint density at radius 3 is 2.78 bits per heavy atom. The first-order valence-electron chi connectivity index (χ1n) is 8.46. The highest BCUT2D eigenvalue weighted by Crippen LogP contribution is 2.20. The highest BCUT2D eigenvalue weighted by molar-refractivity contribution is 7.08. The lowest BCUT2D eigenvalue weighted by Gasteiger charge is -2.05. The Hall–Kier alpha value is -3.32. The third-order valence-corrected chi connectivity index (χ3v) is 4.78. The smallest absolute Gasteiger partial charge is 0.247 e. The zero-order valence-corrected chi connectivity index (χ0v) is 15.5. The first kappa shape index (κ1) is 17.1. The zero-order chi connectivity index (χ0) is 18.6. The average Bonchev–Trinajstić information content (AvgIpc) is 3.36. The number of fused-ring (bicyclic) bond motifs is 1. The number of hydrogen-bond donors (Lipinski definition) is 1. The van der Waals surface area contributed by atoms with Crippen LogP contribution in [-0.4, -0.2) is 25.7 Å². The van der Waals surface area contributed by atoms with Gasteiger partial charge >= 0.3 is 0 Å². The fourth-order valence-electron chi connectivity index (χ4n) is 2.67. The van der Waals surface area contributed by atoms with Gasteiger partial charge in [-0.25, -0.2) is 0 Å². The second-order valence-electron chi connectivity index (χ2n) is 6.04. The van der Waals surface area contributed by atoms with Crippen LogP contribution in [0.3, 0.4) is 0 Å². The summed E-state index contributed by atoms with van der Waals surface area (Å²) in [7, 11) is 0. The number of rotatable bonds is 5. The summed E-state index contributed by atoms with van der Waals surface area (Å²) < 4.78 is 1.67. The minimum absolute atomic E-state index is 0.149. The summed E-state index contributed by atoms with van der Waals surface area (Å²) >= 11 is 1.62. The number of carbonyl (C=O) groups is 1. The van der Waals surface area contributed by atoms with E-state index in [1.165, 1.54) is 0 Å². The quantitative estimate of drug-likeness (QED) is 0.541. The van der Waals surface area contributed by atoms with Gasteiger partial charge in [-0.1, -0.05) is 30.3 Å². The molecule has 3 heterocycles. The van der Waals surface area contributed by atoms with Crippen molar-refractivity contribution in [2.24, 2.45) is 0 Å². The van der Waals surface area contributed by atoms with Crippen LogP contribution in [-0.2, 0) is 11.3 Å². The van der Waals surface area contributed by atoms with Crippen LogP contribution in [0.1, 0.15) is 18.3 Å². The Balaban J connectivity index is 1.51. The number of thiophene rings is 1. The Labute approximate surface area is 160 Å². The van der Waals surface area contributed by atoms with E-state index in [1.54, 1.807) is 22.8 Å². The van der Waals surface area contributed by atoms with Crippen molar-refractivity contribution in [2.75, 3.05) is 0 Å². The molecule has 0 aliphatic heterocycles. The van der Waals surface area contributed by atoms with E-state index >= 15 is 0 Å². The van der Waals surface area contributed by atoms with E-state index in [0.717, 1.165) is 16.8 Å². The first-order valence-corrected chi connectivity index (χ1v) is 9.40. The van der Waals surface area contributed by atoms with Crippen LogP contribution in [0.5, 0.6) is 0 Å². The van der Waals surface area contributed by atoms with Crippen LogP contribution in [0.25, 0.3) is 23.0 Å². The van der Waals surface area contributed by atoms with Crippen LogP contribution in [0.4, 0.5) is 0 Å². The van der Waals surface area contributed by atoms with Crippen LogP contribution >= 0.6 is 11.3 Å². The Morgan fingerprint density at radius 2 is 2.00 bits per heavy atom. The Kier molecular flexibility index (Phi) is 4.76. The molecule has 1 aromatic carbocycles. The van der Waals surface area contributed by atoms with E-state index < -0.39 is 0 Å². The highest BCUT2D eigenvalue weighted by atomic mass is 32.1. The monoisotopic (exact) mass is 375 g/mol. The Morgan fingerprint density at radius 1 is 1.15 bits per heavy atom. The third kappa shape index (κ3) is 3.78. The number of benzene rings is 1. The van der Waals surface area contributed by atoms with Gasteiger partial charge in [-0.05, 0) is 42.1 Å². The molecular formula is C20H17N5OS. The molecule has 0 spiro atoms. The van der Waals surface area contributed by atoms with Gasteiger partial charge in [0.05, 0.1) is 12.2 Å². The SMILES string of the molecule is C/C(=C\c1ccccc1)C(=O)NCc1nnc2ccc(-c3ccsc3)nn12. The summed E-state index contributed by atoms with van der Waals surface area (Å²) in [5.41, 5.74) is 4.15. The lowest BCUT2D eigenvalue weighted by atomic mass is 10.1. The summed E-state index contributed by atoms with van der Waals surface area (Å²) in [6, 6.07) is 15.5. The van der Waals surface area contributed by atoms with Gasteiger partial charge in [-0.15, -0.1) is 10.2 Å². The number of nitrogens with one attached hydrogen (secondary N) is 1. The second kappa shape index (κ2) is 7.51. The first-order chi connectivity index (χ1) is 13.2. The van der Waals surface area contributed by atoms with Gasteiger partial charge in [0.2, 0.25) is 5.91 Å². The van der Waals surface area contributed by atoms with Gasteiger partial charge in [0.15, 0.2) is 11.5 Å². The zero-order valence-electron chi connectivity index (χ0n) is 14.7. The standard InChI is InChI=1S/C20H17N5OS/c1-14(11-15-5-3-2-4-6-15)20(26)21-12-19-23-22-18-8-7-17(24-25(18)19)16-9-10-27-13-16/h2-11,13H,12H2,1H3,(H,21,26)/b14-11+. The topological polar surface area (TPSA) is 72.2 Å². The van der Waals surface area contributed by atoms with Crippen LogP contribution in [0.15, 0.2) is 64.9 Å². The van der Waals surface area contributed by atoms with E-state index in [4.69, 9.17) is 0 Å².